The van der Waals surface area contributed by atoms with Crippen LogP contribution in [0.3, 0.4) is 0 Å². The molecule has 0 spiro atoms. The van der Waals surface area contributed by atoms with E-state index in [4.69, 9.17) is 25.8 Å². The first-order valence-corrected chi connectivity index (χ1v) is 11.1. The van der Waals surface area contributed by atoms with Gasteiger partial charge in [0.05, 0.1) is 21.6 Å². The average molecular weight is 424 g/mol. The number of ether oxygens (including phenoxy) is 1. The van der Waals surface area contributed by atoms with Crippen LogP contribution < -0.4 is 4.74 Å². The Morgan fingerprint density at radius 1 is 1.17 bits per heavy atom. The van der Waals surface area contributed by atoms with Crippen molar-refractivity contribution >= 4 is 33.2 Å². The van der Waals surface area contributed by atoms with Gasteiger partial charge in [0.25, 0.3) is 0 Å². The fourth-order valence-corrected chi connectivity index (χ4v) is 5.55. The van der Waals surface area contributed by atoms with E-state index in [1.165, 1.54) is 18.4 Å². The fourth-order valence-electron chi connectivity index (χ4n) is 4.48. The monoisotopic (exact) mass is 423 g/mol. The Morgan fingerprint density at radius 3 is 3.00 bits per heavy atom. The van der Waals surface area contributed by atoms with Crippen molar-refractivity contribution in [2.45, 2.75) is 45.1 Å². The molecule has 1 atom stereocenters. The summed E-state index contributed by atoms with van der Waals surface area (Å²) in [5, 5.41) is 7.03. The summed E-state index contributed by atoms with van der Waals surface area (Å²) in [5.74, 6) is 2.45. The van der Waals surface area contributed by atoms with Crippen molar-refractivity contribution in [3.63, 3.8) is 0 Å². The topological polar surface area (TPSA) is 61.0 Å². The Hall–Kier alpha value is -2.44. The summed E-state index contributed by atoms with van der Waals surface area (Å²) in [6, 6.07) is 5.95. The molecule has 1 aromatic carbocycles. The highest BCUT2D eigenvalue weighted by atomic mass is 35.5. The highest BCUT2D eigenvalue weighted by Crippen LogP contribution is 2.47. The summed E-state index contributed by atoms with van der Waals surface area (Å²) >= 11 is 8.13. The second-order valence-electron chi connectivity index (χ2n) is 7.69. The zero-order valence-electron chi connectivity index (χ0n) is 15.9. The third-order valence-corrected chi connectivity index (χ3v) is 6.88. The van der Waals surface area contributed by atoms with E-state index < -0.39 is 0 Å². The van der Waals surface area contributed by atoms with Gasteiger partial charge >= 0.3 is 0 Å². The molecule has 0 radical (unpaired) electrons. The fraction of sp³-hybridized carbons (Fsp3) is 0.318. The van der Waals surface area contributed by atoms with Crippen LogP contribution in [0.5, 0.6) is 5.75 Å². The first kappa shape index (κ1) is 17.4. The molecule has 146 valence electrons. The predicted molar refractivity (Wildman–Crippen MR) is 113 cm³/mol. The Balaban J connectivity index is 1.47. The number of hydrogen-bond acceptors (Lipinski definition) is 6. The molecule has 29 heavy (non-hydrogen) atoms. The quantitative estimate of drug-likeness (QED) is 0.404. The number of fused-ring (bicyclic) bond motifs is 3. The normalized spacial score (nSPS) is 17.9. The highest BCUT2D eigenvalue weighted by Gasteiger charge is 2.34. The number of aryl methyl sites for hydroxylation is 2. The zero-order valence-corrected chi connectivity index (χ0v) is 17.4. The van der Waals surface area contributed by atoms with E-state index in [-0.39, 0.29) is 6.10 Å². The third kappa shape index (κ3) is 2.77. The molecule has 0 fully saturated rings. The van der Waals surface area contributed by atoms with Gasteiger partial charge in [-0.25, -0.2) is 9.97 Å². The molecule has 4 aromatic rings. The number of rotatable bonds is 2. The highest BCUT2D eigenvalue weighted by molar-refractivity contribution is 7.17. The van der Waals surface area contributed by atoms with Crippen LogP contribution in [0, 0.1) is 6.92 Å². The zero-order chi connectivity index (χ0) is 19.5. The van der Waals surface area contributed by atoms with Gasteiger partial charge < -0.3 is 9.26 Å². The molecule has 0 amide bonds. The lowest BCUT2D eigenvalue weighted by Gasteiger charge is -2.14. The van der Waals surface area contributed by atoms with Crippen molar-refractivity contribution in [1.29, 1.82) is 0 Å². The van der Waals surface area contributed by atoms with Gasteiger partial charge in [-0.2, -0.15) is 0 Å². The summed E-state index contributed by atoms with van der Waals surface area (Å²) in [6.07, 6.45) is 4.91. The van der Waals surface area contributed by atoms with E-state index in [0.717, 1.165) is 69.3 Å². The van der Waals surface area contributed by atoms with Crippen molar-refractivity contribution in [3.8, 4) is 17.0 Å². The lowest BCUT2D eigenvalue weighted by atomic mass is 9.93. The van der Waals surface area contributed by atoms with Gasteiger partial charge in [-0.3, -0.25) is 0 Å². The van der Waals surface area contributed by atoms with E-state index in [0.29, 0.717) is 5.02 Å². The lowest BCUT2D eigenvalue weighted by molar-refractivity contribution is 0.189. The second-order valence-corrected chi connectivity index (χ2v) is 9.04. The van der Waals surface area contributed by atoms with Gasteiger partial charge in [0.1, 0.15) is 11.6 Å². The number of nitrogens with zero attached hydrogens (tertiary/aromatic N) is 3. The molecule has 7 heteroatoms. The molecule has 3 aromatic heterocycles. The second kappa shape index (κ2) is 6.54. The number of aromatic nitrogens is 3. The minimum absolute atomic E-state index is 0.168. The molecule has 0 saturated carbocycles. The van der Waals surface area contributed by atoms with Crippen LogP contribution in [0.2, 0.25) is 5.02 Å². The van der Waals surface area contributed by atoms with Gasteiger partial charge in [-0.05, 0) is 56.2 Å². The summed E-state index contributed by atoms with van der Waals surface area (Å²) in [7, 11) is 0. The number of thiophene rings is 1. The van der Waals surface area contributed by atoms with Gasteiger partial charge in [-0.1, -0.05) is 16.8 Å². The van der Waals surface area contributed by atoms with E-state index in [2.05, 4.69) is 10.1 Å². The van der Waals surface area contributed by atoms with Crippen LogP contribution in [-0.2, 0) is 19.3 Å². The Kier molecular flexibility index (Phi) is 3.93. The molecular weight excluding hydrogens is 406 g/mol. The largest absolute Gasteiger partial charge is 0.481 e. The van der Waals surface area contributed by atoms with Crippen LogP contribution in [-0.4, -0.2) is 15.1 Å². The summed E-state index contributed by atoms with van der Waals surface area (Å²) < 4.78 is 13.3. The molecule has 0 bridgehead atoms. The van der Waals surface area contributed by atoms with Crippen LogP contribution >= 0.6 is 22.9 Å². The van der Waals surface area contributed by atoms with Gasteiger partial charge in [0.2, 0.25) is 0 Å². The van der Waals surface area contributed by atoms with Crippen molar-refractivity contribution in [2.75, 3.05) is 0 Å². The Morgan fingerprint density at radius 2 is 2.07 bits per heavy atom. The van der Waals surface area contributed by atoms with E-state index in [1.54, 1.807) is 11.3 Å². The summed E-state index contributed by atoms with van der Waals surface area (Å²) in [5.41, 5.74) is 6.16. The van der Waals surface area contributed by atoms with Gasteiger partial charge in [0.15, 0.2) is 11.9 Å². The molecule has 4 heterocycles. The molecule has 0 unspecified atom stereocenters. The van der Waals surface area contributed by atoms with Crippen LogP contribution in [0.25, 0.3) is 21.5 Å². The Labute approximate surface area is 176 Å². The smallest absolute Gasteiger partial charge is 0.181 e. The van der Waals surface area contributed by atoms with Crippen LogP contribution in [0.1, 0.15) is 47.4 Å². The van der Waals surface area contributed by atoms with Crippen LogP contribution in [0.15, 0.2) is 28.1 Å². The minimum Gasteiger partial charge on any atom is -0.481 e. The number of benzene rings is 1. The molecule has 0 saturated heterocycles. The van der Waals surface area contributed by atoms with Gasteiger partial charge in [0, 0.05) is 28.1 Å². The molecule has 0 N–H and O–H groups in total. The molecular formula is C22H18ClN3O2S. The maximum Gasteiger partial charge on any atom is 0.181 e. The van der Waals surface area contributed by atoms with Crippen molar-refractivity contribution < 1.29 is 9.26 Å². The predicted octanol–water partition coefficient (Wildman–Crippen LogP) is 5.86. The van der Waals surface area contributed by atoms with Crippen molar-refractivity contribution in [3.05, 3.63) is 57.0 Å². The van der Waals surface area contributed by atoms with E-state index >= 15 is 0 Å². The molecule has 1 aliphatic heterocycles. The van der Waals surface area contributed by atoms with Crippen molar-refractivity contribution in [2.24, 2.45) is 0 Å². The molecule has 6 rings (SSSR count). The Bertz CT molecular complexity index is 1260. The maximum absolute atomic E-state index is 6.50. The summed E-state index contributed by atoms with van der Waals surface area (Å²) in [4.78, 5) is 9.29. The standard InChI is InChI=1S/C22H18ClN3O2S/c1-11-24-17-6-7-29-22(17)19(25-11)15-10-13(23)8-12-9-18(27-20(12)15)21-14-4-2-3-5-16(14)26-28-21/h6-8,10,18H,2-5,9H2,1H3/t18-/m1/s1. The minimum atomic E-state index is -0.168. The van der Waals surface area contributed by atoms with E-state index in [1.807, 2.05) is 30.5 Å². The SMILES string of the molecule is Cc1nc(-c2cc(Cl)cc3c2O[C@@H](c2onc4c2CCCC4)C3)c2sccc2n1. The number of hydrogen-bond donors (Lipinski definition) is 0. The van der Waals surface area contributed by atoms with Crippen molar-refractivity contribution in [1.82, 2.24) is 15.1 Å². The third-order valence-electron chi connectivity index (χ3n) is 5.75. The average Bonchev–Trinajstić information content (AvgIpc) is 3.43. The molecule has 1 aliphatic carbocycles. The first-order valence-electron chi connectivity index (χ1n) is 9.86. The maximum atomic E-state index is 6.50. The first-order chi connectivity index (χ1) is 14.2. The van der Waals surface area contributed by atoms with Crippen LogP contribution in [0.4, 0.5) is 0 Å². The summed E-state index contributed by atoms with van der Waals surface area (Å²) in [6.45, 7) is 1.91. The molecule has 2 aliphatic rings. The number of halogens is 1. The lowest BCUT2D eigenvalue weighted by Crippen LogP contribution is -2.08. The van der Waals surface area contributed by atoms with Gasteiger partial charge in [-0.15, -0.1) is 11.3 Å². The van der Waals surface area contributed by atoms with E-state index in [9.17, 15) is 0 Å². The molecule has 5 nitrogen and oxygen atoms in total.